The Kier molecular flexibility index (Phi) is 6.12. The Hall–Kier alpha value is -4.30. The molecule has 0 atom stereocenters. The van der Waals surface area contributed by atoms with Crippen molar-refractivity contribution in [2.24, 2.45) is 11.8 Å². The fourth-order valence-electron chi connectivity index (χ4n) is 4.56. The number of nitrogens with two attached hydrogens (primary N) is 1. The summed E-state index contributed by atoms with van der Waals surface area (Å²) in [6.45, 7) is 1.51. The molecule has 1 saturated heterocycles. The van der Waals surface area contributed by atoms with Crippen LogP contribution in [0.1, 0.15) is 23.2 Å². The first-order valence-electron chi connectivity index (χ1n) is 11.5. The molecule has 1 fully saturated rings. The molecule has 4 aromatic rings. The van der Waals surface area contributed by atoms with E-state index in [1.54, 1.807) is 24.5 Å². The number of nitrogens with one attached hydrogen (secondary N) is 1. The van der Waals surface area contributed by atoms with Crippen molar-refractivity contribution in [3.8, 4) is 22.4 Å². The third-order valence-corrected chi connectivity index (χ3v) is 6.58. The summed E-state index contributed by atoms with van der Waals surface area (Å²) < 4.78 is 0. The first-order valence-corrected chi connectivity index (χ1v) is 11.5. The van der Waals surface area contributed by atoms with Crippen molar-refractivity contribution in [1.29, 1.82) is 0 Å². The van der Waals surface area contributed by atoms with Crippen molar-refractivity contribution in [1.82, 2.24) is 15.4 Å². The van der Waals surface area contributed by atoms with E-state index in [0.717, 1.165) is 35.5 Å². The summed E-state index contributed by atoms with van der Waals surface area (Å²) in [5.74, 6) is 4.05. The molecule has 35 heavy (non-hydrogen) atoms. The summed E-state index contributed by atoms with van der Waals surface area (Å²) in [6, 6.07) is 19.9. The van der Waals surface area contributed by atoms with E-state index in [9.17, 15) is 14.7 Å². The SMILES string of the molecule is NNC(=O)c1cc(-c2ccc(-c3ccc(N4CCC(C(=O)O)CC4)cc3)cc2)nc2ccncc12. The van der Waals surface area contributed by atoms with E-state index in [0.29, 0.717) is 35.0 Å². The van der Waals surface area contributed by atoms with Gasteiger partial charge in [0.1, 0.15) is 0 Å². The highest BCUT2D eigenvalue weighted by Crippen LogP contribution is 2.29. The maximum atomic E-state index is 12.3. The molecule has 0 aliphatic carbocycles. The van der Waals surface area contributed by atoms with Crippen LogP contribution in [0, 0.1) is 5.92 Å². The first-order chi connectivity index (χ1) is 17.0. The lowest BCUT2D eigenvalue weighted by molar-refractivity contribution is -0.142. The number of carbonyl (C=O) groups is 2. The molecule has 4 N–H and O–H groups in total. The van der Waals surface area contributed by atoms with Gasteiger partial charge in [0.05, 0.1) is 22.7 Å². The fourth-order valence-corrected chi connectivity index (χ4v) is 4.56. The Morgan fingerprint density at radius 1 is 0.943 bits per heavy atom. The Morgan fingerprint density at radius 2 is 1.57 bits per heavy atom. The highest BCUT2D eigenvalue weighted by Gasteiger charge is 2.24. The zero-order chi connectivity index (χ0) is 24.4. The summed E-state index contributed by atoms with van der Waals surface area (Å²) in [7, 11) is 0. The van der Waals surface area contributed by atoms with Crippen molar-refractivity contribution in [3.05, 3.63) is 78.6 Å². The molecule has 0 saturated carbocycles. The van der Waals surface area contributed by atoms with Crippen LogP contribution in [0.2, 0.25) is 0 Å². The van der Waals surface area contributed by atoms with Gasteiger partial charge < -0.3 is 10.0 Å². The van der Waals surface area contributed by atoms with Crippen molar-refractivity contribution >= 4 is 28.5 Å². The quantitative estimate of drug-likeness (QED) is 0.231. The number of amides is 1. The molecule has 1 aliphatic rings. The number of benzene rings is 2. The number of piperidine rings is 1. The summed E-state index contributed by atoms with van der Waals surface area (Å²) >= 11 is 0. The molecule has 2 aromatic heterocycles. The van der Waals surface area contributed by atoms with Gasteiger partial charge in [0, 0.05) is 42.1 Å². The second-order valence-electron chi connectivity index (χ2n) is 8.65. The average Bonchev–Trinajstić information content (AvgIpc) is 2.92. The van der Waals surface area contributed by atoms with Crippen LogP contribution in [0.15, 0.2) is 73.1 Å². The zero-order valence-electron chi connectivity index (χ0n) is 19.0. The van der Waals surface area contributed by atoms with E-state index < -0.39 is 11.9 Å². The van der Waals surface area contributed by atoms with Gasteiger partial charge in [0.25, 0.3) is 5.91 Å². The molecule has 0 unspecified atom stereocenters. The van der Waals surface area contributed by atoms with Crippen LogP contribution in [-0.2, 0) is 4.79 Å². The van der Waals surface area contributed by atoms with Gasteiger partial charge in [-0.25, -0.2) is 10.8 Å². The molecular weight excluding hydrogens is 442 g/mol. The standard InChI is InChI=1S/C27H25N5O3/c28-31-26(33)22-15-25(30-24-9-12-29-16-23(22)24)19-3-1-17(2-4-19)18-5-7-21(8-6-18)32-13-10-20(11-14-32)27(34)35/h1-9,12,15-16,20H,10-11,13-14,28H2,(H,31,33)(H,34,35). The summed E-state index contributed by atoms with van der Waals surface area (Å²) in [5.41, 5.74) is 8.10. The summed E-state index contributed by atoms with van der Waals surface area (Å²) in [5, 5.41) is 9.84. The highest BCUT2D eigenvalue weighted by molar-refractivity contribution is 6.06. The lowest BCUT2D eigenvalue weighted by atomic mass is 9.96. The number of nitrogens with zero attached hydrogens (tertiary/aromatic N) is 3. The topological polar surface area (TPSA) is 121 Å². The van der Waals surface area contributed by atoms with Crippen LogP contribution < -0.4 is 16.2 Å². The second kappa shape index (κ2) is 9.52. The largest absolute Gasteiger partial charge is 0.481 e. The number of aromatic nitrogens is 2. The molecule has 3 heterocycles. The van der Waals surface area contributed by atoms with Gasteiger partial charge in [0.15, 0.2) is 0 Å². The van der Waals surface area contributed by atoms with Gasteiger partial charge in [0.2, 0.25) is 0 Å². The van der Waals surface area contributed by atoms with Crippen LogP contribution in [0.5, 0.6) is 0 Å². The smallest absolute Gasteiger partial charge is 0.306 e. The van der Waals surface area contributed by atoms with E-state index in [1.165, 1.54) is 0 Å². The molecule has 8 nitrogen and oxygen atoms in total. The van der Waals surface area contributed by atoms with Gasteiger partial charge in [-0.3, -0.25) is 20.0 Å². The number of nitrogen functional groups attached to an aromatic ring is 1. The van der Waals surface area contributed by atoms with Crippen molar-refractivity contribution in [2.75, 3.05) is 18.0 Å². The van der Waals surface area contributed by atoms with Gasteiger partial charge in [-0.05, 0) is 48.2 Å². The molecule has 0 spiro atoms. The van der Waals surface area contributed by atoms with Crippen molar-refractivity contribution in [3.63, 3.8) is 0 Å². The summed E-state index contributed by atoms with van der Waals surface area (Å²) in [4.78, 5) is 34.5. The number of hydrogen-bond donors (Lipinski definition) is 3. The van der Waals surface area contributed by atoms with Crippen molar-refractivity contribution in [2.45, 2.75) is 12.8 Å². The molecule has 5 rings (SSSR count). The number of rotatable bonds is 5. The van der Waals surface area contributed by atoms with Gasteiger partial charge in [-0.15, -0.1) is 0 Å². The normalized spacial score (nSPS) is 14.1. The molecule has 8 heteroatoms. The van der Waals surface area contributed by atoms with Gasteiger partial charge in [-0.2, -0.15) is 0 Å². The van der Waals surface area contributed by atoms with Gasteiger partial charge >= 0.3 is 5.97 Å². The number of carboxylic acid groups (broad SMARTS) is 1. The number of hydrogen-bond acceptors (Lipinski definition) is 6. The number of fused-ring (bicyclic) bond motifs is 1. The predicted molar refractivity (Wildman–Crippen MR) is 135 cm³/mol. The number of anilines is 1. The minimum atomic E-state index is -0.696. The highest BCUT2D eigenvalue weighted by atomic mass is 16.4. The molecule has 2 aromatic carbocycles. The van der Waals surface area contributed by atoms with E-state index in [2.05, 4.69) is 39.6 Å². The molecule has 1 aliphatic heterocycles. The Balaban J connectivity index is 1.36. The average molecular weight is 468 g/mol. The number of pyridine rings is 2. The minimum absolute atomic E-state index is 0.237. The van der Waals surface area contributed by atoms with Crippen LogP contribution in [0.3, 0.4) is 0 Å². The third kappa shape index (κ3) is 4.56. The molecule has 1 amide bonds. The monoisotopic (exact) mass is 467 g/mol. The molecule has 0 radical (unpaired) electrons. The maximum absolute atomic E-state index is 12.3. The van der Waals surface area contributed by atoms with Gasteiger partial charge in [-0.1, -0.05) is 36.4 Å². The Bertz CT molecular complexity index is 1380. The number of carbonyl (C=O) groups excluding carboxylic acids is 1. The molecule has 176 valence electrons. The molecule has 0 bridgehead atoms. The van der Waals surface area contributed by atoms with E-state index in [-0.39, 0.29) is 5.92 Å². The first kappa shape index (κ1) is 22.5. The van der Waals surface area contributed by atoms with E-state index in [4.69, 9.17) is 10.8 Å². The lowest BCUT2D eigenvalue weighted by Crippen LogP contribution is -2.36. The lowest BCUT2D eigenvalue weighted by Gasteiger charge is -2.32. The number of carboxylic acids is 1. The maximum Gasteiger partial charge on any atom is 0.306 e. The zero-order valence-corrected chi connectivity index (χ0v) is 19.0. The predicted octanol–water partition coefficient (Wildman–Crippen LogP) is 3.87. The molecular formula is C27H25N5O3. The van der Waals surface area contributed by atoms with E-state index >= 15 is 0 Å². The van der Waals surface area contributed by atoms with Crippen molar-refractivity contribution < 1.29 is 14.7 Å². The fraction of sp³-hybridized carbons (Fsp3) is 0.185. The Morgan fingerprint density at radius 3 is 2.20 bits per heavy atom. The minimum Gasteiger partial charge on any atom is -0.481 e. The van der Waals surface area contributed by atoms with Crippen LogP contribution in [0.4, 0.5) is 5.69 Å². The number of aliphatic carboxylic acids is 1. The van der Waals surface area contributed by atoms with E-state index in [1.807, 2.05) is 24.3 Å². The third-order valence-electron chi connectivity index (χ3n) is 6.58. The van der Waals surface area contributed by atoms with Crippen LogP contribution in [-0.4, -0.2) is 40.0 Å². The van der Waals surface area contributed by atoms with Crippen LogP contribution >= 0.6 is 0 Å². The van der Waals surface area contributed by atoms with Crippen LogP contribution in [0.25, 0.3) is 33.3 Å². The number of hydrazine groups is 1. The Labute approximate surface area is 202 Å². The summed E-state index contributed by atoms with van der Waals surface area (Å²) in [6.07, 6.45) is 4.60. The second-order valence-corrected chi connectivity index (χ2v) is 8.65.